The zero-order valence-corrected chi connectivity index (χ0v) is 13.4. The summed E-state index contributed by atoms with van der Waals surface area (Å²) in [6.45, 7) is 12.1. The first-order valence-electron chi connectivity index (χ1n) is 7.42. The van der Waals surface area contributed by atoms with Crippen LogP contribution >= 0.6 is 0 Å². The van der Waals surface area contributed by atoms with E-state index in [1.54, 1.807) is 0 Å². The number of rotatable bonds is 6. The fraction of sp³-hybridized carbons (Fsp3) is 0.588. The van der Waals surface area contributed by atoms with Crippen molar-refractivity contribution in [1.82, 2.24) is 10.6 Å². The van der Waals surface area contributed by atoms with Crippen LogP contribution in [0.1, 0.15) is 46.2 Å². The summed E-state index contributed by atoms with van der Waals surface area (Å²) in [6.07, 6.45) is 0. The van der Waals surface area contributed by atoms with Crippen molar-refractivity contribution in [3.8, 4) is 0 Å². The minimum absolute atomic E-state index is 0.0189. The molecule has 0 aliphatic heterocycles. The van der Waals surface area contributed by atoms with Crippen molar-refractivity contribution in [3.63, 3.8) is 0 Å². The molecule has 0 heterocycles. The highest BCUT2D eigenvalue weighted by Crippen LogP contribution is 2.32. The van der Waals surface area contributed by atoms with Crippen LogP contribution < -0.4 is 10.6 Å². The van der Waals surface area contributed by atoms with Gasteiger partial charge in [0.1, 0.15) is 0 Å². The molecule has 3 nitrogen and oxygen atoms in total. The maximum Gasteiger partial charge on any atom is 0.224 e. The molecule has 112 valence electrons. The van der Waals surface area contributed by atoms with E-state index in [0.717, 1.165) is 12.1 Å². The van der Waals surface area contributed by atoms with Crippen molar-refractivity contribution < 1.29 is 4.79 Å². The standard InChI is InChI=1S/C17H28N2O/c1-6-18-12-13(2)16(20)19-15(17(3,4)5)14-10-8-7-9-11-14/h7-11,13,15,18H,6,12H2,1-5H3,(H,19,20). The lowest BCUT2D eigenvalue weighted by Crippen LogP contribution is -2.41. The van der Waals surface area contributed by atoms with E-state index < -0.39 is 0 Å². The monoisotopic (exact) mass is 276 g/mol. The van der Waals surface area contributed by atoms with Crippen LogP contribution in [-0.4, -0.2) is 19.0 Å². The molecule has 0 bridgehead atoms. The van der Waals surface area contributed by atoms with E-state index in [2.05, 4.69) is 43.5 Å². The number of benzene rings is 1. The van der Waals surface area contributed by atoms with Crippen LogP contribution in [0.25, 0.3) is 0 Å². The molecule has 1 aromatic carbocycles. The molecule has 0 aliphatic carbocycles. The molecular weight excluding hydrogens is 248 g/mol. The molecule has 0 radical (unpaired) electrons. The molecule has 0 fully saturated rings. The lowest BCUT2D eigenvalue weighted by atomic mass is 9.82. The average molecular weight is 276 g/mol. The number of hydrogen-bond donors (Lipinski definition) is 2. The van der Waals surface area contributed by atoms with Crippen molar-refractivity contribution in [1.29, 1.82) is 0 Å². The molecule has 1 rings (SSSR count). The first-order valence-corrected chi connectivity index (χ1v) is 7.42. The van der Waals surface area contributed by atoms with Gasteiger partial charge in [0.15, 0.2) is 0 Å². The predicted molar refractivity (Wildman–Crippen MR) is 84.5 cm³/mol. The van der Waals surface area contributed by atoms with E-state index in [0.29, 0.717) is 6.54 Å². The summed E-state index contributed by atoms with van der Waals surface area (Å²) >= 11 is 0. The predicted octanol–water partition coefficient (Wildman–Crippen LogP) is 3.14. The minimum atomic E-state index is -0.0245. The first kappa shape index (κ1) is 16.7. The van der Waals surface area contributed by atoms with Crippen molar-refractivity contribution in [2.24, 2.45) is 11.3 Å². The Kier molecular flexibility index (Phi) is 6.21. The molecule has 0 aliphatic rings. The van der Waals surface area contributed by atoms with Gasteiger partial charge >= 0.3 is 0 Å². The molecule has 2 N–H and O–H groups in total. The SMILES string of the molecule is CCNCC(C)C(=O)NC(c1ccccc1)C(C)(C)C. The number of carbonyl (C=O) groups is 1. The summed E-state index contributed by atoms with van der Waals surface area (Å²) in [7, 11) is 0. The van der Waals surface area contributed by atoms with Gasteiger partial charge < -0.3 is 10.6 Å². The molecule has 1 amide bonds. The highest BCUT2D eigenvalue weighted by Gasteiger charge is 2.28. The molecule has 20 heavy (non-hydrogen) atoms. The third-order valence-corrected chi connectivity index (χ3v) is 3.43. The molecule has 2 atom stereocenters. The molecule has 0 saturated carbocycles. The molecular formula is C17H28N2O. The quantitative estimate of drug-likeness (QED) is 0.838. The van der Waals surface area contributed by atoms with E-state index in [1.165, 1.54) is 0 Å². The van der Waals surface area contributed by atoms with Crippen molar-refractivity contribution in [2.45, 2.75) is 40.7 Å². The largest absolute Gasteiger partial charge is 0.348 e. The van der Waals surface area contributed by atoms with Gasteiger partial charge in [-0.2, -0.15) is 0 Å². The van der Waals surface area contributed by atoms with Gasteiger partial charge in [-0.15, -0.1) is 0 Å². The Morgan fingerprint density at radius 3 is 2.30 bits per heavy atom. The third-order valence-electron chi connectivity index (χ3n) is 3.43. The fourth-order valence-electron chi connectivity index (χ4n) is 2.18. The van der Waals surface area contributed by atoms with Crippen LogP contribution in [0.15, 0.2) is 30.3 Å². The van der Waals surface area contributed by atoms with E-state index in [9.17, 15) is 4.79 Å². The minimum Gasteiger partial charge on any atom is -0.348 e. The van der Waals surface area contributed by atoms with Crippen LogP contribution in [0, 0.1) is 11.3 Å². The second kappa shape index (κ2) is 7.44. The second-order valence-corrected chi connectivity index (χ2v) is 6.43. The zero-order valence-electron chi connectivity index (χ0n) is 13.4. The topological polar surface area (TPSA) is 41.1 Å². The number of hydrogen-bond acceptors (Lipinski definition) is 2. The summed E-state index contributed by atoms with van der Waals surface area (Å²) in [5.41, 5.74) is 1.14. The van der Waals surface area contributed by atoms with Crippen LogP contribution in [0.5, 0.6) is 0 Å². The molecule has 0 saturated heterocycles. The fourth-order valence-corrected chi connectivity index (χ4v) is 2.18. The average Bonchev–Trinajstić information content (AvgIpc) is 2.41. The Morgan fingerprint density at radius 2 is 1.80 bits per heavy atom. The van der Waals surface area contributed by atoms with Crippen molar-refractivity contribution in [2.75, 3.05) is 13.1 Å². The summed E-state index contributed by atoms with van der Waals surface area (Å²) in [4.78, 5) is 12.3. The highest BCUT2D eigenvalue weighted by molar-refractivity contribution is 5.79. The molecule has 1 aromatic rings. The van der Waals surface area contributed by atoms with E-state index in [1.807, 2.05) is 32.0 Å². The van der Waals surface area contributed by atoms with Gasteiger partial charge in [-0.05, 0) is 17.5 Å². The highest BCUT2D eigenvalue weighted by atomic mass is 16.1. The van der Waals surface area contributed by atoms with Crippen LogP contribution in [0.3, 0.4) is 0 Å². The van der Waals surface area contributed by atoms with E-state index in [-0.39, 0.29) is 23.3 Å². The molecule has 0 aromatic heterocycles. The van der Waals surface area contributed by atoms with Gasteiger partial charge in [0, 0.05) is 12.5 Å². The number of amides is 1. The summed E-state index contributed by atoms with van der Waals surface area (Å²) in [5.74, 6) is 0.0817. The lowest BCUT2D eigenvalue weighted by Gasteiger charge is -2.33. The number of carbonyl (C=O) groups excluding carboxylic acids is 1. The normalized spacial score (nSPS) is 14.7. The third kappa shape index (κ3) is 4.97. The maximum absolute atomic E-state index is 12.3. The Bertz CT molecular complexity index is 409. The van der Waals surface area contributed by atoms with Crippen molar-refractivity contribution in [3.05, 3.63) is 35.9 Å². The van der Waals surface area contributed by atoms with Crippen LogP contribution in [0.4, 0.5) is 0 Å². The van der Waals surface area contributed by atoms with E-state index in [4.69, 9.17) is 0 Å². The molecule has 2 unspecified atom stereocenters. The smallest absolute Gasteiger partial charge is 0.224 e. The molecule has 3 heteroatoms. The van der Waals surface area contributed by atoms with E-state index >= 15 is 0 Å². The van der Waals surface area contributed by atoms with Gasteiger partial charge in [-0.1, -0.05) is 65.0 Å². The van der Waals surface area contributed by atoms with Crippen LogP contribution in [0.2, 0.25) is 0 Å². The Morgan fingerprint density at radius 1 is 1.20 bits per heavy atom. The Labute approximate surface area is 123 Å². The molecule has 0 spiro atoms. The maximum atomic E-state index is 12.3. The zero-order chi connectivity index (χ0) is 15.2. The van der Waals surface area contributed by atoms with Crippen molar-refractivity contribution >= 4 is 5.91 Å². The van der Waals surface area contributed by atoms with Gasteiger partial charge in [0.25, 0.3) is 0 Å². The second-order valence-electron chi connectivity index (χ2n) is 6.43. The van der Waals surface area contributed by atoms with Gasteiger partial charge in [0.2, 0.25) is 5.91 Å². The summed E-state index contributed by atoms with van der Waals surface area (Å²) in [6, 6.07) is 10.2. The Balaban J connectivity index is 2.79. The number of nitrogens with one attached hydrogen (secondary N) is 2. The Hall–Kier alpha value is -1.35. The lowest BCUT2D eigenvalue weighted by molar-refractivity contribution is -0.126. The van der Waals surface area contributed by atoms with Crippen LogP contribution in [-0.2, 0) is 4.79 Å². The van der Waals surface area contributed by atoms with Gasteiger partial charge in [0.05, 0.1) is 6.04 Å². The first-order chi connectivity index (χ1) is 9.36. The van der Waals surface area contributed by atoms with Gasteiger partial charge in [-0.3, -0.25) is 4.79 Å². The summed E-state index contributed by atoms with van der Waals surface area (Å²) in [5, 5.41) is 6.42. The summed E-state index contributed by atoms with van der Waals surface area (Å²) < 4.78 is 0. The van der Waals surface area contributed by atoms with Gasteiger partial charge in [-0.25, -0.2) is 0 Å².